The monoisotopic (exact) mass is 236 g/mol. The van der Waals surface area contributed by atoms with Crippen molar-refractivity contribution in [2.24, 2.45) is 5.41 Å². The van der Waals surface area contributed by atoms with E-state index in [-0.39, 0.29) is 5.56 Å². The largest absolute Gasteiger partial charge is 0.336 e. The highest BCUT2D eigenvalue weighted by Crippen LogP contribution is 2.46. The molecule has 3 nitrogen and oxygen atoms in total. The van der Waals surface area contributed by atoms with Crippen LogP contribution >= 0.6 is 12.2 Å². The van der Waals surface area contributed by atoms with Crippen LogP contribution in [0.15, 0.2) is 4.79 Å². The second-order valence-corrected chi connectivity index (χ2v) is 5.66. The molecule has 2 aliphatic rings. The van der Waals surface area contributed by atoms with Crippen molar-refractivity contribution in [1.82, 2.24) is 9.97 Å². The SMILES string of the molecule is O=c1[nH]c(=S)[nH]c2c1CC1(CCCC1)CC2. The summed E-state index contributed by atoms with van der Waals surface area (Å²) < 4.78 is 0.464. The Kier molecular flexibility index (Phi) is 2.28. The Balaban J connectivity index is 2.06. The standard InChI is InChI=1S/C12H16N2OS/c15-10-8-7-12(4-1-2-5-12)6-3-9(8)13-11(16)14-10/h1-7H2,(H2,13,14,15,16). The van der Waals surface area contributed by atoms with Crippen molar-refractivity contribution in [1.29, 1.82) is 0 Å². The predicted molar refractivity (Wildman–Crippen MR) is 65.2 cm³/mol. The molecule has 2 N–H and O–H groups in total. The number of hydrogen-bond acceptors (Lipinski definition) is 2. The summed E-state index contributed by atoms with van der Waals surface area (Å²) >= 11 is 5.00. The van der Waals surface area contributed by atoms with Gasteiger partial charge in [-0.25, -0.2) is 0 Å². The molecule has 4 heteroatoms. The Labute approximate surface area is 99.3 Å². The van der Waals surface area contributed by atoms with E-state index in [1.54, 1.807) is 0 Å². The van der Waals surface area contributed by atoms with Gasteiger partial charge in [0.2, 0.25) is 0 Å². The van der Waals surface area contributed by atoms with Gasteiger partial charge in [-0.15, -0.1) is 0 Å². The average molecular weight is 236 g/mol. The number of aryl methyl sites for hydroxylation is 1. The minimum absolute atomic E-state index is 0.0322. The first-order chi connectivity index (χ1) is 7.69. The van der Waals surface area contributed by atoms with E-state index in [2.05, 4.69) is 9.97 Å². The molecule has 0 unspecified atom stereocenters. The summed E-state index contributed by atoms with van der Waals surface area (Å²) in [6.45, 7) is 0. The molecule has 1 spiro atoms. The molecule has 1 fully saturated rings. The van der Waals surface area contributed by atoms with E-state index in [0.717, 1.165) is 24.1 Å². The highest BCUT2D eigenvalue weighted by atomic mass is 32.1. The van der Waals surface area contributed by atoms with E-state index in [1.807, 2.05) is 0 Å². The molecule has 0 radical (unpaired) electrons. The molecule has 1 aromatic heterocycles. The van der Waals surface area contributed by atoms with Gasteiger partial charge in [0.25, 0.3) is 5.56 Å². The fourth-order valence-electron chi connectivity index (χ4n) is 3.37. The van der Waals surface area contributed by atoms with E-state index in [4.69, 9.17) is 12.2 Å². The molecule has 0 saturated heterocycles. The second kappa shape index (κ2) is 3.55. The number of aromatic amines is 2. The fraction of sp³-hybridized carbons (Fsp3) is 0.667. The van der Waals surface area contributed by atoms with Crippen LogP contribution in [-0.4, -0.2) is 9.97 Å². The first kappa shape index (κ1) is 10.3. The normalized spacial score (nSPS) is 22.2. The molecular weight excluding hydrogens is 220 g/mol. The van der Waals surface area contributed by atoms with Crippen molar-refractivity contribution in [2.45, 2.75) is 44.9 Å². The highest BCUT2D eigenvalue weighted by molar-refractivity contribution is 7.71. The van der Waals surface area contributed by atoms with Crippen LogP contribution in [-0.2, 0) is 12.8 Å². The van der Waals surface area contributed by atoms with Crippen LogP contribution in [0.2, 0.25) is 0 Å². The first-order valence-corrected chi connectivity index (χ1v) is 6.44. The Bertz CT molecular complexity index is 523. The fourth-order valence-corrected chi connectivity index (χ4v) is 3.58. The molecule has 0 amide bonds. The minimum atomic E-state index is 0.0322. The van der Waals surface area contributed by atoms with Gasteiger partial charge >= 0.3 is 0 Å². The zero-order valence-corrected chi connectivity index (χ0v) is 10.1. The topological polar surface area (TPSA) is 48.6 Å². The van der Waals surface area contributed by atoms with Gasteiger partial charge < -0.3 is 4.98 Å². The number of aromatic nitrogens is 2. The van der Waals surface area contributed by atoms with Crippen LogP contribution in [0.1, 0.15) is 43.4 Å². The van der Waals surface area contributed by atoms with Crippen molar-refractivity contribution in [3.8, 4) is 0 Å². The lowest BCUT2D eigenvalue weighted by Gasteiger charge is -2.33. The minimum Gasteiger partial charge on any atom is -0.336 e. The van der Waals surface area contributed by atoms with Crippen molar-refractivity contribution < 1.29 is 0 Å². The molecule has 0 aliphatic heterocycles. The third kappa shape index (κ3) is 1.56. The van der Waals surface area contributed by atoms with Crippen LogP contribution in [0.3, 0.4) is 0 Å². The number of hydrogen-bond donors (Lipinski definition) is 2. The van der Waals surface area contributed by atoms with Gasteiger partial charge in [-0.1, -0.05) is 12.8 Å². The smallest absolute Gasteiger partial charge is 0.255 e. The number of H-pyrrole nitrogens is 2. The summed E-state index contributed by atoms with van der Waals surface area (Å²) in [6, 6.07) is 0. The van der Waals surface area contributed by atoms with Crippen molar-refractivity contribution in [3.05, 3.63) is 26.4 Å². The summed E-state index contributed by atoms with van der Waals surface area (Å²) in [5.41, 5.74) is 2.49. The molecule has 86 valence electrons. The van der Waals surface area contributed by atoms with E-state index in [1.165, 1.54) is 32.1 Å². The van der Waals surface area contributed by atoms with Gasteiger partial charge in [-0.2, -0.15) is 0 Å². The lowest BCUT2D eigenvalue weighted by molar-refractivity contribution is 0.251. The van der Waals surface area contributed by atoms with Gasteiger partial charge in [0.1, 0.15) is 0 Å². The molecule has 2 aliphatic carbocycles. The predicted octanol–water partition coefficient (Wildman–Crippen LogP) is 2.48. The molecular formula is C12H16N2OS. The Morgan fingerprint density at radius 1 is 1.12 bits per heavy atom. The lowest BCUT2D eigenvalue weighted by atomic mass is 9.72. The summed E-state index contributed by atoms with van der Waals surface area (Å²) in [7, 11) is 0. The number of nitrogens with one attached hydrogen (secondary N) is 2. The van der Waals surface area contributed by atoms with Crippen molar-refractivity contribution >= 4 is 12.2 Å². The maximum absolute atomic E-state index is 11.9. The maximum atomic E-state index is 11.9. The average Bonchev–Trinajstić information content (AvgIpc) is 2.68. The van der Waals surface area contributed by atoms with Gasteiger partial charge in [-0.3, -0.25) is 9.78 Å². The summed E-state index contributed by atoms with van der Waals surface area (Å²) in [4.78, 5) is 17.7. The molecule has 16 heavy (non-hydrogen) atoms. The zero-order chi connectivity index (χ0) is 11.2. The maximum Gasteiger partial charge on any atom is 0.255 e. The molecule has 3 rings (SSSR count). The molecule has 1 heterocycles. The molecule has 1 saturated carbocycles. The van der Waals surface area contributed by atoms with E-state index in [0.29, 0.717) is 10.2 Å². The lowest BCUT2D eigenvalue weighted by Crippen LogP contribution is -2.32. The second-order valence-electron chi connectivity index (χ2n) is 5.25. The van der Waals surface area contributed by atoms with Gasteiger partial charge in [0, 0.05) is 11.3 Å². The van der Waals surface area contributed by atoms with Crippen molar-refractivity contribution in [2.75, 3.05) is 0 Å². The quantitative estimate of drug-likeness (QED) is 0.680. The van der Waals surface area contributed by atoms with E-state index < -0.39 is 0 Å². The third-order valence-electron chi connectivity index (χ3n) is 4.25. The van der Waals surface area contributed by atoms with Crippen molar-refractivity contribution in [3.63, 3.8) is 0 Å². The molecule has 0 aromatic carbocycles. The summed E-state index contributed by atoms with van der Waals surface area (Å²) in [6.07, 6.45) is 8.40. The van der Waals surface area contributed by atoms with Crippen LogP contribution in [0.5, 0.6) is 0 Å². The first-order valence-electron chi connectivity index (χ1n) is 6.03. The van der Waals surface area contributed by atoms with Gasteiger partial charge in [0.05, 0.1) is 0 Å². The van der Waals surface area contributed by atoms with E-state index in [9.17, 15) is 4.79 Å². The van der Waals surface area contributed by atoms with Crippen LogP contribution in [0.25, 0.3) is 0 Å². The van der Waals surface area contributed by atoms with Crippen LogP contribution in [0, 0.1) is 10.2 Å². The third-order valence-corrected chi connectivity index (χ3v) is 4.46. The van der Waals surface area contributed by atoms with E-state index >= 15 is 0 Å². The Morgan fingerprint density at radius 2 is 1.88 bits per heavy atom. The van der Waals surface area contributed by atoms with Crippen LogP contribution < -0.4 is 5.56 Å². The van der Waals surface area contributed by atoms with Crippen LogP contribution in [0.4, 0.5) is 0 Å². The molecule has 0 bridgehead atoms. The Hall–Kier alpha value is -0.900. The summed E-state index contributed by atoms with van der Waals surface area (Å²) in [5.74, 6) is 0. The summed E-state index contributed by atoms with van der Waals surface area (Å²) in [5, 5.41) is 0. The zero-order valence-electron chi connectivity index (χ0n) is 9.27. The highest BCUT2D eigenvalue weighted by Gasteiger charge is 2.38. The number of rotatable bonds is 0. The number of fused-ring (bicyclic) bond motifs is 1. The molecule has 0 atom stereocenters. The Morgan fingerprint density at radius 3 is 2.62 bits per heavy atom. The van der Waals surface area contributed by atoms with Gasteiger partial charge in [-0.05, 0) is 49.7 Å². The molecule has 1 aromatic rings. The van der Waals surface area contributed by atoms with Gasteiger partial charge in [0.15, 0.2) is 4.77 Å².